The van der Waals surface area contributed by atoms with Crippen LogP contribution in [0.1, 0.15) is 19.7 Å². The molecular formula is C16H17N4NaO9S. The molecule has 13 nitrogen and oxygen atoms in total. The molecule has 0 bridgehead atoms. The molecule has 2 unspecified atom stereocenters. The van der Waals surface area contributed by atoms with E-state index < -0.39 is 59.6 Å². The smallest absolute Gasteiger partial charge is 0.549 e. The van der Waals surface area contributed by atoms with Crippen LogP contribution in [0.2, 0.25) is 0 Å². The van der Waals surface area contributed by atoms with Crippen molar-refractivity contribution >= 4 is 47.5 Å². The van der Waals surface area contributed by atoms with E-state index in [2.05, 4.69) is 10.1 Å². The number of carboxylic acids is 2. The van der Waals surface area contributed by atoms with Gasteiger partial charge in [-0.05, 0) is 0 Å². The van der Waals surface area contributed by atoms with Crippen molar-refractivity contribution < 1.29 is 73.0 Å². The van der Waals surface area contributed by atoms with Gasteiger partial charge in [-0.1, -0.05) is 5.16 Å². The topological polar surface area (TPSA) is 183 Å². The minimum atomic E-state index is -1.58. The van der Waals surface area contributed by atoms with E-state index >= 15 is 0 Å². The second kappa shape index (κ2) is 9.54. The number of amides is 2. The molecule has 0 spiro atoms. The van der Waals surface area contributed by atoms with Gasteiger partial charge in [0.25, 0.3) is 0 Å². The number of nitrogens with zero attached hydrogens (tertiary/aromatic N) is 4. The average molecular weight is 464 g/mol. The third-order valence-corrected chi connectivity index (χ3v) is 6.26. The van der Waals surface area contributed by atoms with E-state index in [-0.39, 0.29) is 53.7 Å². The number of ether oxygens (including phenoxy) is 1. The average Bonchev–Trinajstić information content (AvgIpc) is 3.10. The third-order valence-electron chi connectivity index (χ3n) is 4.69. The second-order valence-corrected chi connectivity index (χ2v) is 8.02. The maximum Gasteiger partial charge on any atom is 1.00 e. The summed E-state index contributed by atoms with van der Waals surface area (Å²) in [6, 6.07) is -1.35. The molecule has 3 heterocycles. The molecule has 2 fully saturated rings. The monoisotopic (exact) mass is 464 g/mol. The van der Waals surface area contributed by atoms with Gasteiger partial charge in [0.05, 0.1) is 11.4 Å². The first-order chi connectivity index (χ1) is 14.1. The Morgan fingerprint density at radius 2 is 2.06 bits per heavy atom. The Morgan fingerprint density at radius 3 is 2.61 bits per heavy atom. The summed E-state index contributed by atoms with van der Waals surface area (Å²) < 4.78 is 9.81. The Kier molecular flexibility index (Phi) is 7.73. The predicted molar refractivity (Wildman–Crippen MR) is 94.6 cm³/mol. The number of aromatic nitrogens is 2. The summed E-state index contributed by atoms with van der Waals surface area (Å²) in [5.41, 5.74) is -1.58. The van der Waals surface area contributed by atoms with Crippen LogP contribution in [0.25, 0.3) is 0 Å². The standard InChI is InChI=1S/C16H18N4O9S.Na/c1-7(21)20(15-17-9(18-29-15)3-10(23)24)11-12(25)19-4-16(14(26)27,5-28-8(2)22)6-30-13(11)19;/h11,13H,3-6H2,1-2H3,(H,23,24)(H,26,27);/q;+1/p-1/t11?,13-,16?;/m1./s1. The minimum absolute atomic E-state index is 0. The molecule has 15 heteroatoms. The van der Waals surface area contributed by atoms with E-state index in [1.165, 1.54) is 11.8 Å². The van der Waals surface area contributed by atoms with Crippen LogP contribution >= 0.6 is 11.8 Å². The number of hydrogen-bond donors (Lipinski definition) is 1. The first-order valence-electron chi connectivity index (χ1n) is 8.67. The largest absolute Gasteiger partial charge is 1.00 e. The number of carbonyl (C=O) groups excluding carboxylic acids is 4. The Labute approximate surface area is 201 Å². The minimum Gasteiger partial charge on any atom is -0.549 e. The van der Waals surface area contributed by atoms with Gasteiger partial charge in [-0.15, -0.1) is 11.8 Å². The Balaban J connectivity index is 0.00000341. The van der Waals surface area contributed by atoms with Gasteiger partial charge in [0.15, 0.2) is 5.82 Å². The molecule has 0 aromatic carbocycles. The number of carbonyl (C=O) groups is 5. The van der Waals surface area contributed by atoms with Crippen molar-refractivity contribution in [3.8, 4) is 0 Å². The number of fused-ring (bicyclic) bond motifs is 1. The van der Waals surface area contributed by atoms with Gasteiger partial charge in [-0.2, -0.15) is 4.98 Å². The molecule has 2 aliphatic rings. The summed E-state index contributed by atoms with van der Waals surface area (Å²) in [6.07, 6.45) is -0.525. The number of β-lactam (4-membered cyclic amide) rings is 1. The molecule has 2 saturated heterocycles. The number of rotatable bonds is 7. The van der Waals surface area contributed by atoms with Gasteiger partial charge in [0.1, 0.15) is 24.4 Å². The SMILES string of the molecule is CC(=O)OCC1(C(=O)[O-])CS[C@@H]2C(N(C(C)=O)c3nc(CC(=O)O)no3)C(=O)N2C1.[Na+]. The van der Waals surface area contributed by atoms with Crippen LogP contribution in [-0.2, 0) is 35.1 Å². The molecule has 2 aliphatic heterocycles. The van der Waals surface area contributed by atoms with Gasteiger partial charge in [0, 0.05) is 26.1 Å². The van der Waals surface area contributed by atoms with Crippen molar-refractivity contribution in [3.05, 3.63) is 5.82 Å². The van der Waals surface area contributed by atoms with Crippen molar-refractivity contribution in [3.63, 3.8) is 0 Å². The number of anilines is 1. The first kappa shape index (κ1) is 25.1. The van der Waals surface area contributed by atoms with Crippen molar-refractivity contribution in [2.75, 3.05) is 23.8 Å². The van der Waals surface area contributed by atoms with Crippen LogP contribution in [0.5, 0.6) is 0 Å². The summed E-state index contributed by atoms with van der Waals surface area (Å²) in [6.45, 7) is 1.61. The number of carboxylic acid groups (broad SMARTS) is 2. The molecule has 3 atom stereocenters. The maximum absolute atomic E-state index is 12.8. The molecule has 1 aromatic rings. The number of hydrogen-bond acceptors (Lipinski definition) is 11. The molecule has 2 amide bonds. The normalized spacial score (nSPS) is 24.3. The molecule has 3 rings (SSSR count). The summed E-state index contributed by atoms with van der Waals surface area (Å²) in [5.74, 6) is -4.65. The van der Waals surface area contributed by atoms with E-state index in [0.717, 1.165) is 23.6 Å². The number of aliphatic carboxylic acids is 2. The zero-order chi connectivity index (χ0) is 22.2. The summed E-state index contributed by atoms with van der Waals surface area (Å²) in [5, 5.41) is 23.4. The zero-order valence-electron chi connectivity index (χ0n) is 16.9. The van der Waals surface area contributed by atoms with Gasteiger partial charge in [0.2, 0.25) is 11.8 Å². The van der Waals surface area contributed by atoms with Crippen molar-refractivity contribution in [1.82, 2.24) is 15.0 Å². The summed E-state index contributed by atoms with van der Waals surface area (Å²) in [4.78, 5) is 64.6. The second-order valence-electron chi connectivity index (χ2n) is 6.91. The van der Waals surface area contributed by atoms with Crippen LogP contribution in [0.15, 0.2) is 4.52 Å². The summed E-state index contributed by atoms with van der Waals surface area (Å²) >= 11 is 1.08. The van der Waals surface area contributed by atoms with E-state index in [9.17, 15) is 29.1 Å². The fourth-order valence-electron chi connectivity index (χ4n) is 3.22. The number of esters is 1. The van der Waals surface area contributed by atoms with E-state index in [1.807, 2.05) is 0 Å². The van der Waals surface area contributed by atoms with Gasteiger partial charge >= 0.3 is 47.5 Å². The zero-order valence-corrected chi connectivity index (χ0v) is 19.7. The van der Waals surface area contributed by atoms with Crippen LogP contribution in [-0.4, -0.2) is 80.2 Å². The van der Waals surface area contributed by atoms with E-state index in [1.54, 1.807) is 0 Å². The van der Waals surface area contributed by atoms with Crippen LogP contribution in [0.4, 0.5) is 6.01 Å². The van der Waals surface area contributed by atoms with Crippen molar-refractivity contribution in [2.24, 2.45) is 5.41 Å². The molecule has 0 aliphatic carbocycles. The fourth-order valence-corrected chi connectivity index (χ4v) is 4.78. The Bertz CT molecular complexity index is 925. The molecular weight excluding hydrogens is 447 g/mol. The van der Waals surface area contributed by atoms with Crippen molar-refractivity contribution in [1.29, 1.82) is 0 Å². The third kappa shape index (κ3) is 4.86. The molecule has 1 N–H and O–H groups in total. The molecule has 31 heavy (non-hydrogen) atoms. The van der Waals surface area contributed by atoms with Crippen LogP contribution in [0, 0.1) is 5.41 Å². The predicted octanol–water partition coefficient (Wildman–Crippen LogP) is -5.36. The van der Waals surface area contributed by atoms with Crippen LogP contribution in [0.3, 0.4) is 0 Å². The molecule has 1 aromatic heterocycles. The van der Waals surface area contributed by atoms with Crippen molar-refractivity contribution in [2.45, 2.75) is 31.7 Å². The molecule has 0 saturated carbocycles. The Morgan fingerprint density at radius 1 is 1.39 bits per heavy atom. The summed E-state index contributed by atoms with van der Waals surface area (Å²) in [7, 11) is 0. The maximum atomic E-state index is 12.8. The first-order valence-corrected chi connectivity index (χ1v) is 9.72. The van der Waals surface area contributed by atoms with Crippen LogP contribution < -0.4 is 39.6 Å². The quantitative estimate of drug-likeness (QED) is 0.230. The van der Waals surface area contributed by atoms with E-state index in [4.69, 9.17) is 14.4 Å². The fraction of sp³-hybridized carbons (Fsp3) is 0.562. The molecule has 0 radical (unpaired) electrons. The van der Waals surface area contributed by atoms with Gasteiger partial charge in [-0.3, -0.25) is 19.2 Å². The van der Waals surface area contributed by atoms with Gasteiger partial charge < -0.3 is 29.2 Å². The Hall–Kier alpha value is -2.16. The van der Waals surface area contributed by atoms with Gasteiger partial charge in [-0.25, -0.2) is 4.90 Å². The number of thioether (sulfide) groups is 1. The molecule has 162 valence electrons. The van der Waals surface area contributed by atoms with E-state index in [0.29, 0.717) is 0 Å².